The third-order valence-corrected chi connectivity index (χ3v) is 9.28. The van der Waals surface area contributed by atoms with Crippen LogP contribution in [0.15, 0.2) is 24.4 Å². The van der Waals surface area contributed by atoms with E-state index in [1.54, 1.807) is 13.3 Å². The van der Waals surface area contributed by atoms with Gasteiger partial charge in [0.2, 0.25) is 5.91 Å². The van der Waals surface area contributed by atoms with Gasteiger partial charge in [0, 0.05) is 22.9 Å². The Labute approximate surface area is 198 Å². The molecular weight excluding hydrogens is 436 g/mol. The van der Waals surface area contributed by atoms with Gasteiger partial charge in [0.25, 0.3) is 0 Å². The number of benzene rings is 1. The zero-order valence-electron chi connectivity index (χ0n) is 19.5. The number of Topliss-reactive ketones (excluding diaryl/α,β-unsaturated/α-hetero) is 1. The van der Waals surface area contributed by atoms with Gasteiger partial charge >= 0.3 is 0 Å². The van der Waals surface area contributed by atoms with Gasteiger partial charge < -0.3 is 15.2 Å². The topological polar surface area (TPSA) is 88.5 Å². The van der Waals surface area contributed by atoms with Crippen LogP contribution < -0.4 is 10.1 Å². The zero-order chi connectivity index (χ0) is 23.3. The first-order chi connectivity index (χ1) is 15.8. The summed E-state index contributed by atoms with van der Waals surface area (Å²) in [4.78, 5) is 31.1. The summed E-state index contributed by atoms with van der Waals surface area (Å²) in [6, 6.07) is 6.38. The van der Waals surface area contributed by atoms with E-state index < -0.39 is 11.5 Å². The molecule has 6 unspecified atom stereocenters. The van der Waals surface area contributed by atoms with Crippen molar-refractivity contribution in [3.05, 3.63) is 40.4 Å². The highest BCUT2D eigenvalue weighted by Gasteiger charge is 2.62. The summed E-state index contributed by atoms with van der Waals surface area (Å²) in [6.07, 6.45) is 5.28. The molecule has 2 aromatic rings. The molecule has 1 aromatic carbocycles. The lowest BCUT2D eigenvalue weighted by Crippen LogP contribution is -2.44. The maximum Gasteiger partial charge on any atom is 0.226 e. The molecule has 0 radical (unpaired) electrons. The molecule has 1 amide bonds. The Morgan fingerprint density at radius 2 is 2.18 bits per heavy atom. The lowest BCUT2D eigenvalue weighted by Gasteiger charge is -2.49. The number of methoxy groups -OCH3 is 1. The molecule has 0 bridgehead atoms. The Morgan fingerprint density at radius 3 is 2.91 bits per heavy atom. The van der Waals surface area contributed by atoms with Crippen molar-refractivity contribution >= 4 is 28.2 Å². The van der Waals surface area contributed by atoms with Gasteiger partial charge in [-0.3, -0.25) is 9.59 Å². The van der Waals surface area contributed by atoms with Crippen LogP contribution in [-0.4, -0.2) is 35.0 Å². The molecule has 6 nitrogen and oxygen atoms in total. The van der Waals surface area contributed by atoms with Gasteiger partial charge in [-0.05, 0) is 86.0 Å². The average molecular weight is 469 g/mol. The zero-order valence-corrected chi connectivity index (χ0v) is 20.3. The van der Waals surface area contributed by atoms with Gasteiger partial charge in [0.05, 0.1) is 7.11 Å². The van der Waals surface area contributed by atoms with E-state index in [1.807, 2.05) is 13.0 Å². The van der Waals surface area contributed by atoms with Crippen molar-refractivity contribution in [2.45, 2.75) is 64.4 Å². The van der Waals surface area contributed by atoms with Crippen LogP contribution >= 0.6 is 11.3 Å². The van der Waals surface area contributed by atoms with Crippen molar-refractivity contribution < 1.29 is 19.4 Å². The molecule has 33 heavy (non-hydrogen) atoms. The number of rotatable bonds is 5. The number of ketones is 1. The second kappa shape index (κ2) is 8.51. The molecule has 5 rings (SSSR count). The van der Waals surface area contributed by atoms with E-state index >= 15 is 0 Å². The molecule has 0 saturated heterocycles. The van der Waals surface area contributed by atoms with Crippen LogP contribution in [0.3, 0.4) is 0 Å². The number of carbonyl (C=O) groups is 2. The molecule has 2 N–H and O–H groups in total. The molecule has 6 atom stereocenters. The normalized spacial score (nSPS) is 32.6. The lowest BCUT2D eigenvalue weighted by atomic mass is 9.54. The van der Waals surface area contributed by atoms with E-state index in [2.05, 4.69) is 29.4 Å². The van der Waals surface area contributed by atoms with Crippen molar-refractivity contribution in [3.63, 3.8) is 0 Å². The minimum atomic E-state index is -0.981. The van der Waals surface area contributed by atoms with Crippen molar-refractivity contribution in [3.8, 4) is 5.75 Å². The molecule has 3 aliphatic rings. The number of aromatic nitrogens is 1. The smallest absolute Gasteiger partial charge is 0.226 e. The Kier molecular flexibility index (Phi) is 5.81. The number of anilines is 1. The molecule has 7 heteroatoms. The molecule has 176 valence electrons. The number of aliphatic hydroxyl groups excluding tert-OH is 1. The van der Waals surface area contributed by atoms with Gasteiger partial charge in [0.15, 0.2) is 10.9 Å². The maximum atomic E-state index is 13.2. The largest absolute Gasteiger partial charge is 0.497 e. The minimum absolute atomic E-state index is 0.0209. The fourth-order valence-electron chi connectivity index (χ4n) is 6.97. The van der Waals surface area contributed by atoms with Crippen LogP contribution in [0.25, 0.3) is 0 Å². The summed E-state index contributed by atoms with van der Waals surface area (Å²) in [6.45, 7) is 4.01. The fourth-order valence-corrected chi connectivity index (χ4v) is 7.65. The highest BCUT2D eigenvalue weighted by Crippen LogP contribution is 2.62. The van der Waals surface area contributed by atoms with Crippen molar-refractivity contribution in [2.24, 2.45) is 23.2 Å². The van der Waals surface area contributed by atoms with Crippen molar-refractivity contribution in [2.75, 3.05) is 12.4 Å². The first kappa shape index (κ1) is 22.5. The Balaban J connectivity index is 1.36. The third kappa shape index (κ3) is 3.79. The van der Waals surface area contributed by atoms with Gasteiger partial charge in [-0.1, -0.05) is 13.0 Å². The van der Waals surface area contributed by atoms with Crippen molar-refractivity contribution in [1.29, 1.82) is 0 Å². The van der Waals surface area contributed by atoms with Gasteiger partial charge in [-0.25, -0.2) is 4.98 Å². The number of carbonyl (C=O) groups excluding carboxylic acids is 2. The summed E-state index contributed by atoms with van der Waals surface area (Å²) < 4.78 is 5.43. The van der Waals surface area contributed by atoms with Crippen LogP contribution in [0.1, 0.15) is 60.9 Å². The second-order valence-corrected chi connectivity index (χ2v) is 11.4. The van der Waals surface area contributed by atoms with Crippen LogP contribution in [0.5, 0.6) is 5.75 Å². The number of hydrogen-bond acceptors (Lipinski definition) is 6. The predicted octanol–water partition coefficient (Wildman–Crippen LogP) is 4.50. The summed E-state index contributed by atoms with van der Waals surface area (Å²) in [5.41, 5.74) is 2.22. The quantitative estimate of drug-likeness (QED) is 0.674. The number of hydrogen-bond donors (Lipinski definition) is 2. The molecule has 1 aromatic heterocycles. The fraction of sp³-hybridized carbons (Fsp3) is 0.577. The van der Waals surface area contributed by atoms with E-state index in [1.165, 1.54) is 22.5 Å². The average Bonchev–Trinajstić information content (AvgIpc) is 3.30. The number of nitrogens with zero attached hydrogens (tertiary/aromatic N) is 1. The van der Waals surface area contributed by atoms with Gasteiger partial charge in [-0.15, -0.1) is 11.3 Å². The molecule has 0 aliphatic heterocycles. The summed E-state index contributed by atoms with van der Waals surface area (Å²) in [5.74, 6) is 1.42. The molecule has 2 fully saturated rings. The molecule has 3 aliphatic carbocycles. The summed E-state index contributed by atoms with van der Waals surface area (Å²) in [7, 11) is 1.70. The third-order valence-electron chi connectivity index (χ3n) is 8.46. The van der Waals surface area contributed by atoms with Crippen molar-refractivity contribution in [1.82, 2.24) is 4.98 Å². The number of nitrogens with one attached hydrogen (secondary N) is 1. The maximum absolute atomic E-state index is 13.2. The van der Waals surface area contributed by atoms with E-state index in [0.29, 0.717) is 23.4 Å². The molecule has 2 saturated carbocycles. The van der Waals surface area contributed by atoms with Crippen LogP contribution in [0.2, 0.25) is 0 Å². The van der Waals surface area contributed by atoms with Gasteiger partial charge in [-0.2, -0.15) is 0 Å². The minimum Gasteiger partial charge on any atom is -0.497 e. The van der Waals surface area contributed by atoms with E-state index in [4.69, 9.17) is 4.74 Å². The van der Waals surface area contributed by atoms with Crippen LogP contribution in [-0.2, 0) is 16.0 Å². The number of ether oxygens (including phenoxy) is 1. The number of aryl methyl sites for hydroxylation is 2. The Morgan fingerprint density at radius 1 is 1.36 bits per heavy atom. The number of aliphatic hydroxyl groups is 1. The SMILES string of the molecule is COc1ccc2c(c1)CCC1C2CCC2(C)C(=O)C(O)C(CCC(=O)Nc3ncc(C)s3)C12. The number of thiazole rings is 1. The number of amides is 1. The summed E-state index contributed by atoms with van der Waals surface area (Å²) in [5, 5.41) is 14.5. The lowest BCUT2D eigenvalue weighted by molar-refractivity contribution is -0.134. The second-order valence-electron chi connectivity index (χ2n) is 10.2. The summed E-state index contributed by atoms with van der Waals surface area (Å²) >= 11 is 1.45. The van der Waals surface area contributed by atoms with Crippen LogP contribution in [0, 0.1) is 30.1 Å². The van der Waals surface area contributed by atoms with Gasteiger partial charge in [0.1, 0.15) is 11.9 Å². The molecule has 0 spiro atoms. The Hall–Kier alpha value is -2.25. The van der Waals surface area contributed by atoms with E-state index in [-0.39, 0.29) is 29.9 Å². The highest BCUT2D eigenvalue weighted by molar-refractivity contribution is 7.15. The predicted molar refractivity (Wildman–Crippen MR) is 128 cm³/mol. The Bertz CT molecular complexity index is 1080. The molecular formula is C26H32N2O4S. The highest BCUT2D eigenvalue weighted by atomic mass is 32.1. The van der Waals surface area contributed by atoms with E-state index in [0.717, 1.165) is 36.3 Å². The standard InChI is InChI=1S/C26H32N2O4S/c1-14-13-27-25(33-14)28-21(29)9-8-20-22-19-6-4-15-12-16(32-3)5-7-17(15)18(19)10-11-26(22,2)24(31)23(20)30/h5,7,12-13,18-20,22-23,30H,4,6,8-11H2,1-3H3,(H,27,28,29). The first-order valence-electron chi connectivity index (χ1n) is 11.9. The monoisotopic (exact) mass is 468 g/mol. The number of fused-ring (bicyclic) bond motifs is 5. The van der Waals surface area contributed by atoms with Crippen LogP contribution in [0.4, 0.5) is 5.13 Å². The molecule has 1 heterocycles. The first-order valence-corrected chi connectivity index (χ1v) is 12.7. The van der Waals surface area contributed by atoms with E-state index in [9.17, 15) is 14.7 Å².